The average Bonchev–Trinajstić information content (AvgIpc) is 2.63. The van der Waals surface area contributed by atoms with E-state index < -0.39 is 0 Å². The van der Waals surface area contributed by atoms with Crippen molar-refractivity contribution in [2.24, 2.45) is 0 Å². The second-order valence-electron chi connectivity index (χ2n) is 5.54. The largest absolute Gasteiger partial charge is 0.496 e. The van der Waals surface area contributed by atoms with Crippen LogP contribution in [0.5, 0.6) is 5.75 Å². The molecule has 1 heterocycles. The van der Waals surface area contributed by atoms with Crippen LogP contribution in [0.4, 0.5) is 5.69 Å². The molecule has 6 heteroatoms. The SMILES string of the molecule is COc1ccc(Cn2ccccc2=O)cc1-c1cccc(N(O)O)c1. The van der Waals surface area contributed by atoms with Gasteiger partial charge in [0.1, 0.15) is 5.75 Å². The van der Waals surface area contributed by atoms with E-state index in [1.165, 1.54) is 6.07 Å². The second kappa shape index (κ2) is 7.21. The Kier molecular flexibility index (Phi) is 4.83. The van der Waals surface area contributed by atoms with E-state index in [0.717, 1.165) is 16.7 Å². The van der Waals surface area contributed by atoms with Crippen LogP contribution in [0, 0.1) is 0 Å². The van der Waals surface area contributed by atoms with Crippen LogP contribution >= 0.6 is 0 Å². The Labute approximate surface area is 144 Å². The third-order valence-corrected chi connectivity index (χ3v) is 3.90. The minimum absolute atomic E-state index is 0.0712. The number of methoxy groups -OCH3 is 1. The van der Waals surface area contributed by atoms with Gasteiger partial charge in [0.15, 0.2) is 0 Å². The van der Waals surface area contributed by atoms with Gasteiger partial charge in [0, 0.05) is 17.8 Å². The Morgan fingerprint density at radius 2 is 1.88 bits per heavy atom. The third kappa shape index (κ3) is 3.71. The number of ether oxygens (including phenoxy) is 1. The zero-order chi connectivity index (χ0) is 17.8. The van der Waals surface area contributed by atoms with Gasteiger partial charge >= 0.3 is 0 Å². The van der Waals surface area contributed by atoms with Crippen molar-refractivity contribution >= 4 is 5.69 Å². The lowest BCUT2D eigenvalue weighted by Crippen LogP contribution is -2.18. The van der Waals surface area contributed by atoms with Crippen molar-refractivity contribution in [2.75, 3.05) is 12.3 Å². The molecule has 0 bridgehead atoms. The van der Waals surface area contributed by atoms with Crippen LogP contribution in [0.25, 0.3) is 11.1 Å². The summed E-state index contributed by atoms with van der Waals surface area (Å²) in [5.41, 5.74) is 2.67. The predicted octanol–water partition coefficient (Wildman–Crippen LogP) is 3.16. The molecule has 0 saturated heterocycles. The molecule has 0 aliphatic carbocycles. The first-order chi connectivity index (χ1) is 12.1. The summed E-state index contributed by atoms with van der Waals surface area (Å²) in [6, 6.07) is 17.5. The highest BCUT2D eigenvalue weighted by Crippen LogP contribution is 2.32. The van der Waals surface area contributed by atoms with Crippen LogP contribution in [0.3, 0.4) is 0 Å². The molecule has 0 spiro atoms. The molecule has 3 rings (SSSR count). The minimum Gasteiger partial charge on any atom is -0.496 e. The summed E-state index contributed by atoms with van der Waals surface area (Å²) in [4.78, 5) is 11.9. The Morgan fingerprint density at radius 1 is 1.04 bits per heavy atom. The molecule has 128 valence electrons. The van der Waals surface area contributed by atoms with Crippen molar-refractivity contribution < 1.29 is 15.2 Å². The minimum atomic E-state index is -0.0712. The van der Waals surface area contributed by atoms with E-state index in [1.807, 2.05) is 30.3 Å². The van der Waals surface area contributed by atoms with Crippen molar-refractivity contribution in [1.82, 2.24) is 4.57 Å². The summed E-state index contributed by atoms with van der Waals surface area (Å²) < 4.78 is 7.04. The van der Waals surface area contributed by atoms with E-state index in [1.54, 1.807) is 42.1 Å². The van der Waals surface area contributed by atoms with E-state index in [-0.39, 0.29) is 16.5 Å². The van der Waals surface area contributed by atoms with E-state index in [9.17, 15) is 15.2 Å². The van der Waals surface area contributed by atoms with Crippen LogP contribution < -0.4 is 15.5 Å². The lowest BCUT2D eigenvalue weighted by molar-refractivity contribution is 0.0292. The van der Waals surface area contributed by atoms with Gasteiger partial charge in [-0.1, -0.05) is 24.3 Å². The average molecular weight is 338 g/mol. The standard InChI is InChI=1S/C19H18N2O4/c1-25-18-9-8-14(13-20-10-3-2-7-19(20)22)11-17(18)15-5-4-6-16(12-15)21(23)24/h2-12,23-24H,13H2,1H3. The van der Waals surface area contributed by atoms with Gasteiger partial charge in [-0.05, 0) is 41.5 Å². The number of nitrogens with zero attached hydrogens (tertiary/aromatic N) is 2. The smallest absolute Gasteiger partial charge is 0.250 e. The number of rotatable bonds is 5. The summed E-state index contributed by atoms with van der Waals surface area (Å²) in [5, 5.41) is 18.5. The second-order valence-corrected chi connectivity index (χ2v) is 5.54. The maximum Gasteiger partial charge on any atom is 0.250 e. The highest BCUT2D eigenvalue weighted by molar-refractivity contribution is 5.74. The van der Waals surface area contributed by atoms with Gasteiger partial charge in [-0.2, -0.15) is 0 Å². The molecule has 1 aromatic heterocycles. The van der Waals surface area contributed by atoms with Gasteiger partial charge < -0.3 is 9.30 Å². The highest BCUT2D eigenvalue weighted by atomic mass is 16.8. The van der Waals surface area contributed by atoms with Gasteiger partial charge in [-0.3, -0.25) is 15.2 Å². The molecule has 2 aromatic carbocycles. The van der Waals surface area contributed by atoms with E-state index >= 15 is 0 Å². The molecule has 2 N–H and O–H groups in total. The summed E-state index contributed by atoms with van der Waals surface area (Å²) in [7, 11) is 1.58. The van der Waals surface area contributed by atoms with Crippen molar-refractivity contribution in [3.05, 3.63) is 82.8 Å². The number of anilines is 1. The molecule has 0 fully saturated rings. The molecule has 0 radical (unpaired) electrons. The highest BCUT2D eigenvalue weighted by Gasteiger charge is 2.10. The molecule has 6 nitrogen and oxygen atoms in total. The van der Waals surface area contributed by atoms with Gasteiger partial charge in [0.05, 0.1) is 19.3 Å². The van der Waals surface area contributed by atoms with Crippen molar-refractivity contribution in [3.63, 3.8) is 0 Å². The number of pyridine rings is 1. The van der Waals surface area contributed by atoms with E-state index in [4.69, 9.17) is 4.74 Å². The van der Waals surface area contributed by atoms with Crippen molar-refractivity contribution in [1.29, 1.82) is 0 Å². The summed E-state index contributed by atoms with van der Waals surface area (Å²) in [6.45, 7) is 0.433. The fourth-order valence-corrected chi connectivity index (χ4v) is 2.66. The molecule has 3 aromatic rings. The first-order valence-corrected chi connectivity index (χ1v) is 7.69. The topological polar surface area (TPSA) is 74.9 Å². The molecule has 0 aliphatic heterocycles. The lowest BCUT2D eigenvalue weighted by atomic mass is 10.0. The summed E-state index contributed by atoms with van der Waals surface area (Å²) >= 11 is 0. The quantitative estimate of drug-likeness (QED) is 0.699. The molecule has 0 unspecified atom stereocenters. The summed E-state index contributed by atoms with van der Waals surface area (Å²) in [6.07, 6.45) is 1.74. The lowest BCUT2D eigenvalue weighted by Gasteiger charge is -2.14. The molecule has 0 amide bonds. The Morgan fingerprint density at radius 3 is 2.60 bits per heavy atom. The summed E-state index contributed by atoms with van der Waals surface area (Å²) in [5.74, 6) is 0.656. The zero-order valence-electron chi connectivity index (χ0n) is 13.7. The normalized spacial score (nSPS) is 10.5. The van der Waals surface area contributed by atoms with Crippen molar-refractivity contribution in [3.8, 4) is 16.9 Å². The predicted molar refractivity (Wildman–Crippen MR) is 94.3 cm³/mol. The number of hydrogen-bond donors (Lipinski definition) is 2. The molecule has 25 heavy (non-hydrogen) atoms. The number of benzene rings is 2. The van der Waals surface area contributed by atoms with Gasteiger partial charge in [0.25, 0.3) is 5.56 Å². The van der Waals surface area contributed by atoms with Crippen LogP contribution in [0.1, 0.15) is 5.56 Å². The van der Waals surface area contributed by atoms with Crippen LogP contribution in [0.15, 0.2) is 71.7 Å². The maximum absolute atomic E-state index is 11.9. The van der Waals surface area contributed by atoms with E-state index in [2.05, 4.69) is 0 Å². The van der Waals surface area contributed by atoms with Crippen molar-refractivity contribution in [2.45, 2.75) is 6.54 Å². The Hall–Kier alpha value is -3.09. The van der Waals surface area contributed by atoms with Gasteiger partial charge in [-0.15, -0.1) is 5.23 Å². The number of hydrogen-bond acceptors (Lipinski definition) is 5. The molecule has 0 aliphatic rings. The third-order valence-electron chi connectivity index (χ3n) is 3.90. The van der Waals surface area contributed by atoms with Gasteiger partial charge in [0.2, 0.25) is 0 Å². The first kappa shape index (κ1) is 16.8. The van der Waals surface area contributed by atoms with Gasteiger partial charge in [-0.25, -0.2) is 0 Å². The Bertz CT molecular complexity index is 934. The number of aromatic nitrogens is 1. The fraction of sp³-hybridized carbons (Fsp3) is 0.105. The first-order valence-electron chi connectivity index (χ1n) is 7.69. The zero-order valence-corrected chi connectivity index (χ0v) is 13.7. The van der Waals surface area contributed by atoms with E-state index in [0.29, 0.717) is 12.3 Å². The van der Waals surface area contributed by atoms with Crippen LogP contribution in [-0.2, 0) is 6.54 Å². The molecular weight excluding hydrogens is 320 g/mol. The molecule has 0 atom stereocenters. The maximum atomic E-state index is 11.9. The molecular formula is C19H18N2O4. The fourth-order valence-electron chi connectivity index (χ4n) is 2.66. The van der Waals surface area contributed by atoms with Crippen LogP contribution in [0.2, 0.25) is 0 Å². The Balaban J connectivity index is 2.02. The molecule has 0 saturated carbocycles. The van der Waals surface area contributed by atoms with Crippen LogP contribution in [-0.4, -0.2) is 22.1 Å². The monoisotopic (exact) mass is 338 g/mol.